The lowest BCUT2D eigenvalue weighted by Crippen LogP contribution is -2.15. The van der Waals surface area contributed by atoms with Crippen molar-refractivity contribution in [3.05, 3.63) is 61.7 Å². The second kappa shape index (κ2) is 11.1. The minimum Gasteiger partial charge on any atom is -0.437 e. The number of carbonyl (C=O) groups excluding carboxylic acids is 2. The summed E-state index contributed by atoms with van der Waals surface area (Å²) in [5.74, 6) is 0.595. The molecule has 0 atom stereocenters. The maximum absolute atomic E-state index is 11.5. The largest absolute Gasteiger partial charge is 0.437 e. The molecular weight excluding hydrogens is 446 g/mol. The van der Waals surface area contributed by atoms with Crippen LogP contribution in [0.2, 0.25) is 0 Å². The summed E-state index contributed by atoms with van der Waals surface area (Å²) in [4.78, 5) is 35.3. The molecule has 2 N–H and O–H groups in total. The van der Waals surface area contributed by atoms with Gasteiger partial charge >= 0.3 is 0 Å². The van der Waals surface area contributed by atoms with Crippen molar-refractivity contribution in [2.24, 2.45) is 0 Å². The van der Waals surface area contributed by atoms with E-state index in [1.54, 1.807) is 41.6 Å². The molecule has 35 heavy (non-hydrogen) atoms. The van der Waals surface area contributed by atoms with Crippen molar-refractivity contribution in [2.45, 2.75) is 26.3 Å². The predicted octanol–water partition coefficient (Wildman–Crippen LogP) is 4.00. The lowest BCUT2D eigenvalue weighted by atomic mass is 10.2. The van der Waals surface area contributed by atoms with Crippen LogP contribution >= 0.6 is 0 Å². The first-order valence-corrected chi connectivity index (χ1v) is 11.4. The molecule has 1 aromatic carbocycles. The number of carbonyl (C=O) groups is 2. The number of anilines is 1. The van der Waals surface area contributed by atoms with Gasteiger partial charge in [-0.05, 0) is 38.0 Å². The Bertz CT molecular complexity index is 1320. The smallest absolute Gasteiger partial charge is 0.247 e. The number of nitrogens with zero attached hydrogens (tertiary/aromatic N) is 5. The van der Waals surface area contributed by atoms with Gasteiger partial charge in [0, 0.05) is 54.9 Å². The number of likely N-dealkylation sites (tertiary alicyclic amines) is 1. The third kappa shape index (κ3) is 5.91. The fourth-order valence-electron chi connectivity index (χ4n) is 3.62. The van der Waals surface area contributed by atoms with Gasteiger partial charge in [0.05, 0.1) is 12.4 Å². The van der Waals surface area contributed by atoms with E-state index in [1.807, 2.05) is 24.0 Å². The van der Waals surface area contributed by atoms with Crippen LogP contribution in [-0.4, -0.2) is 55.0 Å². The van der Waals surface area contributed by atoms with E-state index >= 15 is 0 Å². The third-order valence-electron chi connectivity index (χ3n) is 5.43. The highest BCUT2D eigenvalue weighted by Gasteiger charge is 2.12. The molecule has 0 spiro atoms. The van der Waals surface area contributed by atoms with Gasteiger partial charge in [-0.25, -0.2) is 9.97 Å². The molecule has 0 bridgehead atoms. The molecular formula is C25H27N7O3. The zero-order valence-electron chi connectivity index (χ0n) is 19.5. The standard InChI is InChI=1S/C20H18N6O2.C5H9NO/c1-3-17(27)24-14-6-5-7-15(8-14)28-18-11-22-20-19(25-18)16(10-21-20)13-9-23-26(4-2)12-13;7-5-6-3-1-2-4-6/h3,5-12H,1,4H2,2H3,(H,21,22)(H,24,27);5H,1-4H2. The van der Waals surface area contributed by atoms with Crippen LogP contribution in [0, 0.1) is 0 Å². The fraction of sp³-hybridized carbons (Fsp3) is 0.240. The third-order valence-corrected chi connectivity index (χ3v) is 5.43. The van der Waals surface area contributed by atoms with Crippen LogP contribution in [0.15, 0.2) is 61.7 Å². The molecule has 1 saturated heterocycles. The summed E-state index contributed by atoms with van der Waals surface area (Å²) in [5.41, 5.74) is 3.82. The van der Waals surface area contributed by atoms with Gasteiger partial charge in [-0.1, -0.05) is 12.6 Å². The van der Waals surface area contributed by atoms with E-state index in [0.29, 0.717) is 28.5 Å². The second-order valence-electron chi connectivity index (χ2n) is 7.86. The maximum atomic E-state index is 11.5. The van der Waals surface area contributed by atoms with E-state index in [9.17, 15) is 9.59 Å². The van der Waals surface area contributed by atoms with Crippen LogP contribution in [-0.2, 0) is 16.1 Å². The van der Waals surface area contributed by atoms with Gasteiger partial charge in [0.1, 0.15) is 11.3 Å². The van der Waals surface area contributed by atoms with Crippen LogP contribution in [0.1, 0.15) is 19.8 Å². The Morgan fingerprint density at radius 2 is 2.11 bits per heavy atom. The minimum absolute atomic E-state index is 0.289. The normalized spacial score (nSPS) is 12.7. The van der Waals surface area contributed by atoms with Crippen LogP contribution in [0.5, 0.6) is 11.6 Å². The van der Waals surface area contributed by atoms with E-state index in [-0.39, 0.29) is 5.91 Å². The van der Waals surface area contributed by atoms with Gasteiger partial charge in [0.15, 0.2) is 5.65 Å². The number of ether oxygens (including phenoxy) is 1. The number of nitrogens with one attached hydrogen (secondary N) is 2. The first-order chi connectivity index (χ1) is 17.1. The zero-order chi connectivity index (χ0) is 24.6. The Kier molecular flexibility index (Phi) is 7.51. The molecule has 5 rings (SSSR count). The van der Waals surface area contributed by atoms with Crippen molar-refractivity contribution in [1.29, 1.82) is 0 Å². The monoisotopic (exact) mass is 473 g/mol. The number of fused-ring (bicyclic) bond motifs is 1. The Balaban J connectivity index is 0.000000356. The van der Waals surface area contributed by atoms with Gasteiger partial charge in [-0.2, -0.15) is 5.10 Å². The molecule has 1 aliphatic rings. The SMILES string of the molecule is C=CC(=O)Nc1cccc(Oc2cnc3[nH]cc(-c4cnn(CC)c4)c3n2)c1.O=CN1CCCC1. The van der Waals surface area contributed by atoms with E-state index in [1.165, 1.54) is 18.9 Å². The molecule has 0 aliphatic carbocycles. The highest BCUT2D eigenvalue weighted by Crippen LogP contribution is 2.29. The number of aromatic nitrogens is 5. The van der Waals surface area contributed by atoms with Crippen LogP contribution < -0.4 is 10.1 Å². The maximum Gasteiger partial charge on any atom is 0.247 e. The van der Waals surface area contributed by atoms with Gasteiger partial charge in [-0.15, -0.1) is 0 Å². The van der Waals surface area contributed by atoms with Crippen molar-refractivity contribution in [3.8, 4) is 22.8 Å². The highest BCUT2D eigenvalue weighted by atomic mass is 16.5. The average Bonchev–Trinajstić information content (AvgIpc) is 3.65. The number of amides is 2. The summed E-state index contributed by atoms with van der Waals surface area (Å²) in [6.45, 7) is 8.22. The molecule has 1 aliphatic heterocycles. The average molecular weight is 474 g/mol. The van der Waals surface area contributed by atoms with Crippen molar-refractivity contribution >= 4 is 29.2 Å². The number of hydrogen-bond acceptors (Lipinski definition) is 6. The number of hydrogen-bond donors (Lipinski definition) is 2. The Labute approximate surface area is 202 Å². The number of H-pyrrole nitrogens is 1. The van der Waals surface area contributed by atoms with Crippen molar-refractivity contribution in [2.75, 3.05) is 18.4 Å². The van der Waals surface area contributed by atoms with E-state index in [2.05, 4.69) is 31.9 Å². The van der Waals surface area contributed by atoms with Crippen molar-refractivity contribution in [3.63, 3.8) is 0 Å². The van der Waals surface area contributed by atoms with Crippen LogP contribution in [0.25, 0.3) is 22.3 Å². The summed E-state index contributed by atoms with van der Waals surface area (Å²) in [5, 5.41) is 7.00. The van der Waals surface area contributed by atoms with Gasteiger partial charge in [-0.3, -0.25) is 14.3 Å². The van der Waals surface area contributed by atoms with E-state index < -0.39 is 0 Å². The number of rotatable bonds is 7. The lowest BCUT2D eigenvalue weighted by molar-refractivity contribution is -0.117. The van der Waals surface area contributed by atoms with Gasteiger partial charge in [0.2, 0.25) is 18.2 Å². The molecule has 0 saturated carbocycles. The van der Waals surface area contributed by atoms with Gasteiger partial charge < -0.3 is 19.9 Å². The van der Waals surface area contributed by atoms with E-state index in [4.69, 9.17) is 4.74 Å². The molecule has 10 heteroatoms. The number of aromatic amines is 1. The summed E-state index contributed by atoms with van der Waals surface area (Å²) in [6, 6.07) is 7.02. The molecule has 180 valence electrons. The minimum atomic E-state index is -0.289. The summed E-state index contributed by atoms with van der Waals surface area (Å²) < 4.78 is 7.70. The molecule has 0 radical (unpaired) electrons. The molecule has 2 amide bonds. The van der Waals surface area contributed by atoms with Crippen LogP contribution in [0.3, 0.4) is 0 Å². The zero-order valence-corrected chi connectivity index (χ0v) is 19.5. The molecule has 0 unspecified atom stereocenters. The first-order valence-electron chi connectivity index (χ1n) is 11.4. The Morgan fingerprint density at radius 3 is 2.80 bits per heavy atom. The summed E-state index contributed by atoms with van der Waals surface area (Å²) in [7, 11) is 0. The quantitative estimate of drug-likeness (QED) is 0.309. The van der Waals surface area contributed by atoms with E-state index in [0.717, 1.165) is 37.2 Å². The topological polar surface area (TPSA) is 118 Å². The Morgan fingerprint density at radius 1 is 1.29 bits per heavy atom. The van der Waals surface area contributed by atoms with Gasteiger partial charge in [0.25, 0.3) is 0 Å². The highest BCUT2D eigenvalue weighted by molar-refractivity contribution is 5.99. The number of aryl methyl sites for hydroxylation is 1. The molecule has 3 aromatic heterocycles. The summed E-state index contributed by atoms with van der Waals surface area (Å²) >= 11 is 0. The molecule has 10 nitrogen and oxygen atoms in total. The second-order valence-corrected chi connectivity index (χ2v) is 7.86. The van der Waals surface area contributed by atoms with Crippen LogP contribution in [0.4, 0.5) is 5.69 Å². The van der Waals surface area contributed by atoms with Crippen molar-refractivity contribution in [1.82, 2.24) is 29.6 Å². The summed E-state index contributed by atoms with van der Waals surface area (Å²) in [6.07, 6.45) is 11.7. The molecule has 4 aromatic rings. The fourth-order valence-corrected chi connectivity index (χ4v) is 3.62. The molecule has 1 fully saturated rings. The first kappa shape index (κ1) is 23.7. The lowest BCUT2D eigenvalue weighted by Gasteiger charge is -2.07. The molecule has 4 heterocycles. The predicted molar refractivity (Wildman–Crippen MR) is 133 cm³/mol. The van der Waals surface area contributed by atoms with Crippen molar-refractivity contribution < 1.29 is 14.3 Å². The number of benzene rings is 1. The Hall–Kier alpha value is -4.47.